The highest BCUT2D eigenvalue weighted by atomic mass is 35.5. The highest BCUT2D eigenvalue weighted by Crippen LogP contribution is 2.33. The zero-order valence-electron chi connectivity index (χ0n) is 11.8. The highest BCUT2D eigenvalue weighted by molar-refractivity contribution is 6.28. The second kappa shape index (κ2) is 6.03. The fourth-order valence-corrected chi connectivity index (χ4v) is 2.05. The number of alkyl halides is 1. The van der Waals surface area contributed by atoms with Gasteiger partial charge in [0.1, 0.15) is 17.3 Å². The van der Waals surface area contributed by atoms with Gasteiger partial charge in [-0.2, -0.15) is 4.98 Å². The van der Waals surface area contributed by atoms with Crippen molar-refractivity contribution in [2.75, 3.05) is 13.0 Å². The predicted molar refractivity (Wildman–Crippen MR) is 85.8 cm³/mol. The Morgan fingerprint density at radius 1 is 1.41 bits per heavy atom. The van der Waals surface area contributed by atoms with Gasteiger partial charge in [0.15, 0.2) is 11.2 Å². The normalized spacial score (nSPS) is 11.8. The van der Waals surface area contributed by atoms with Gasteiger partial charge in [0.05, 0.1) is 13.0 Å². The smallest absolute Gasteiger partial charge is 0.228 e. The Balaban J connectivity index is 2.09. The Hall–Kier alpha value is -2.60. The van der Waals surface area contributed by atoms with E-state index in [4.69, 9.17) is 26.5 Å². The van der Waals surface area contributed by atoms with Gasteiger partial charge in [0.2, 0.25) is 5.89 Å². The van der Waals surface area contributed by atoms with Gasteiger partial charge in [-0.3, -0.25) is 0 Å². The number of benzene rings is 1. The van der Waals surface area contributed by atoms with Crippen LogP contribution in [0.1, 0.15) is 0 Å². The monoisotopic (exact) mass is 316 g/mol. The van der Waals surface area contributed by atoms with Crippen LogP contribution in [0.25, 0.3) is 22.7 Å². The largest absolute Gasteiger partial charge is 0.494 e. The minimum Gasteiger partial charge on any atom is -0.494 e. The van der Waals surface area contributed by atoms with Crippen LogP contribution >= 0.6 is 11.6 Å². The maximum absolute atomic E-state index is 5.69. The van der Waals surface area contributed by atoms with Crippen LogP contribution in [-0.2, 0) is 0 Å². The number of hydrogen-bond donors (Lipinski definition) is 1. The van der Waals surface area contributed by atoms with Crippen molar-refractivity contribution < 1.29 is 9.15 Å². The van der Waals surface area contributed by atoms with Crippen molar-refractivity contribution in [1.82, 2.24) is 9.97 Å². The average molecular weight is 317 g/mol. The number of pyridine rings is 1. The van der Waals surface area contributed by atoms with Gasteiger partial charge in [-0.15, -0.1) is 11.6 Å². The maximum atomic E-state index is 5.69. The zero-order chi connectivity index (χ0) is 15.5. The van der Waals surface area contributed by atoms with Gasteiger partial charge < -0.3 is 14.9 Å². The molecule has 2 aromatic heterocycles. The number of aromatic nitrogens is 2. The third-order valence-electron chi connectivity index (χ3n) is 2.99. The quantitative estimate of drug-likeness (QED) is 0.454. The first-order valence-electron chi connectivity index (χ1n) is 6.50. The molecule has 0 aliphatic carbocycles. The highest BCUT2D eigenvalue weighted by Gasteiger charge is 2.12. The Bertz CT molecular complexity index is 811. The Morgan fingerprint density at radius 2 is 2.27 bits per heavy atom. The number of nitrogens with zero attached hydrogens (tertiary/aromatic N) is 3. The number of fused-ring (bicyclic) bond motifs is 1. The van der Waals surface area contributed by atoms with Crippen molar-refractivity contribution in [2.24, 2.45) is 10.7 Å². The lowest BCUT2D eigenvalue weighted by atomic mass is 10.2. The van der Waals surface area contributed by atoms with E-state index in [9.17, 15) is 0 Å². The number of ether oxygens (including phenoxy) is 1. The molecule has 22 heavy (non-hydrogen) atoms. The Morgan fingerprint density at radius 3 is 3.00 bits per heavy atom. The van der Waals surface area contributed by atoms with Gasteiger partial charge in [0.25, 0.3) is 0 Å². The number of amidine groups is 1. The molecule has 6 nitrogen and oxygen atoms in total. The van der Waals surface area contributed by atoms with Crippen LogP contribution in [0.2, 0.25) is 0 Å². The van der Waals surface area contributed by atoms with Crippen LogP contribution in [0, 0.1) is 0 Å². The van der Waals surface area contributed by atoms with E-state index >= 15 is 0 Å². The molecule has 0 saturated heterocycles. The third-order valence-corrected chi connectivity index (χ3v) is 3.27. The van der Waals surface area contributed by atoms with Crippen LogP contribution in [0.5, 0.6) is 5.75 Å². The first-order chi connectivity index (χ1) is 10.7. The van der Waals surface area contributed by atoms with Gasteiger partial charge in [0, 0.05) is 11.8 Å². The van der Waals surface area contributed by atoms with Crippen molar-refractivity contribution in [3.05, 3.63) is 36.5 Å². The van der Waals surface area contributed by atoms with E-state index in [0.29, 0.717) is 34.4 Å². The van der Waals surface area contributed by atoms with Crippen molar-refractivity contribution >= 4 is 34.4 Å². The molecule has 1 aromatic carbocycles. The number of nitrogens with two attached hydrogens (primary N) is 1. The number of oxazole rings is 1. The molecule has 0 unspecified atom stereocenters. The fraction of sp³-hybridized carbons (Fsp3) is 0.133. The van der Waals surface area contributed by atoms with Gasteiger partial charge >= 0.3 is 0 Å². The molecule has 3 aromatic rings. The number of methoxy groups -OCH3 is 1. The van der Waals surface area contributed by atoms with Crippen LogP contribution in [-0.4, -0.2) is 28.8 Å². The number of aliphatic imine (C=N–C) groups is 1. The summed E-state index contributed by atoms with van der Waals surface area (Å²) < 4.78 is 11.0. The fourth-order valence-electron chi connectivity index (χ4n) is 1.99. The van der Waals surface area contributed by atoms with Crippen molar-refractivity contribution in [2.45, 2.75) is 0 Å². The minimum absolute atomic E-state index is 0.139. The number of hydrogen-bond acceptors (Lipinski definition) is 5. The van der Waals surface area contributed by atoms with Crippen molar-refractivity contribution in [1.29, 1.82) is 0 Å². The molecule has 2 heterocycles. The summed E-state index contributed by atoms with van der Waals surface area (Å²) in [6.07, 6.45) is 1.67. The van der Waals surface area contributed by atoms with Crippen molar-refractivity contribution in [3.8, 4) is 17.2 Å². The molecule has 0 spiro atoms. The van der Waals surface area contributed by atoms with Crippen molar-refractivity contribution in [3.63, 3.8) is 0 Å². The summed E-state index contributed by atoms with van der Waals surface area (Å²) in [6, 6.07) is 9.00. The second-order valence-corrected chi connectivity index (χ2v) is 4.73. The molecular formula is C15H13ClN4O2. The van der Waals surface area contributed by atoms with E-state index in [0.717, 1.165) is 5.56 Å². The molecule has 3 rings (SSSR count). The summed E-state index contributed by atoms with van der Waals surface area (Å²) in [4.78, 5) is 12.7. The summed E-state index contributed by atoms with van der Waals surface area (Å²) in [5.74, 6) is 1.49. The van der Waals surface area contributed by atoms with Gasteiger partial charge in [-0.25, -0.2) is 9.98 Å². The van der Waals surface area contributed by atoms with Crippen LogP contribution in [0.15, 0.2) is 45.9 Å². The summed E-state index contributed by atoms with van der Waals surface area (Å²) in [5, 5.41) is 0. The molecule has 0 aliphatic rings. The first kappa shape index (κ1) is 14.3. The number of rotatable bonds is 4. The lowest BCUT2D eigenvalue weighted by Crippen LogP contribution is -2.12. The molecule has 7 heteroatoms. The van der Waals surface area contributed by atoms with E-state index in [-0.39, 0.29) is 5.88 Å². The summed E-state index contributed by atoms with van der Waals surface area (Å²) in [7, 11) is 1.56. The van der Waals surface area contributed by atoms with E-state index < -0.39 is 0 Å². The SMILES string of the molecule is COc1ccc(-c2nc3ncccc3o2)cc1N=C(N)CCl. The molecule has 0 saturated carbocycles. The lowest BCUT2D eigenvalue weighted by molar-refractivity contribution is 0.416. The average Bonchev–Trinajstić information content (AvgIpc) is 2.98. The van der Waals surface area contributed by atoms with E-state index in [1.807, 2.05) is 12.1 Å². The molecule has 0 aliphatic heterocycles. The summed E-state index contributed by atoms with van der Waals surface area (Å²) in [5.41, 5.74) is 8.18. The van der Waals surface area contributed by atoms with Crippen LogP contribution in [0.3, 0.4) is 0 Å². The molecule has 112 valence electrons. The third kappa shape index (κ3) is 2.73. The van der Waals surface area contributed by atoms with E-state index in [1.165, 1.54) is 0 Å². The topological polar surface area (TPSA) is 86.5 Å². The van der Waals surface area contributed by atoms with E-state index in [2.05, 4.69) is 15.0 Å². The zero-order valence-corrected chi connectivity index (χ0v) is 12.5. The molecule has 0 radical (unpaired) electrons. The van der Waals surface area contributed by atoms with Gasteiger partial charge in [-0.1, -0.05) is 0 Å². The van der Waals surface area contributed by atoms with Crippen LogP contribution < -0.4 is 10.5 Å². The second-order valence-electron chi connectivity index (χ2n) is 4.47. The summed E-state index contributed by atoms with van der Waals surface area (Å²) >= 11 is 5.67. The molecule has 0 bridgehead atoms. The summed E-state index contributed by atoms with van der Waals surface area (Å²) in [6.45, 7) is 0. The number of halogens is 1. The molecule has 2 N–H and O–H groups in total. The Labute approximate surface area is 131 Å². The lowest BCUT2D eigenvalue weighted by Gasteiger charge is -2.06. The van der Waals surface area contributed by atoms with Crippen LogP contribution in [0.4, 0.5) is 5.69 Å². The molecular weight excluding hydrogens is 304 g/mol. The first-order valence-corrected chi connectivity index (χ1v) is 7.03. The molecule has 0 atom stereocenters. The molecule has 0 fully saturated rings. The minimum atomic E-state index is 0.139. The maximum Gasteiger partial charge on any atom is 0.228 e. The molecule has 0 amide bonds. The Kier molecular flexibility index (Phi) is 3.93. The predicted octanol–water partition coefficient (Wildman–Crippen LogP) is 3.13. The standard InChI is InChI=1S/C15H13ClN4O2/c1-21-11-5-4-9(7-10(11)19-13(17)8-16)15-20-14-12(22-15)3-2-6-18-14/h2-7H,8H2,1H3,(H2,17,19). The van der Waals surface area contributed by atoms with Gasteiger partial charge in [-0.05, 0) is 30.3 Å². The van der Waals surface area contributed by atoms with E-state index in [1.54, 1.807) is 31.5 Å².